The summed E-state index contributed by atoms with van der Waals surface area (Å²) >= 11 is 0. The largest absolute Gasteiger partial charge is 0.481 e. The average Bonchev–Trinajstić information content (AvgIpc) is 2.80. The highest BCUT2D eigenvalue weighted by atomic mass is 16.5. The molecule has 0 saturated heterocycles. The van der Waals surface area contributed by atoms with Crippen molar-refractivity contribution in [1.82, 2.24) is 0 Å². The molecule has 8 heteroatoms. The quantitative estimate of drug-likeness (QED) is 0.117. The van der Waals surface area contributed by atoms with Gasteiger partial charge in [0.1, 0.15) is 0 Å². The van der Waals surface area contributed by atoms with Crippen LogP contribution in [-0.2, 0) is 28.7 Å². The van der Waals surface area contributed by atoms with Crippen LogP contribution in [-0.4, -0.2) is 47.3 Å². The molecule has 0 atom stereocenters. The first-order valence-electron chi connectivity index (χ1n) is 13.6. The first-order valence-corrected chi connectivity index (χ1v) is 13.6. The molecule has 0 radical (unpaired) electrons. The summed E-state index contributed by atoms with van der Waals surface area (Å²) in [6.45, 7) is 5.28. The Bertz CT molecular complexity index is 487. The summed E-state index contributed by atoms with van der Waals surface area (Å²) in [7, 11) is 0. The number of carbonyl (C=O) groups excluding carboxylic acids is 2. The molecule has 35 heavy (non-hydrogen) atoms. The van der Waals surface area contributed by atoms with Crippen LogP contribution < -0.4 is 0 Å². The van der Waals surface area contributed by atoms with Crippen LogP contribution in [0.15, 0.2) is 0 Å². The molecule has 2 N–H and O–H groups in total. The standard InChI is InChI=1S/C18H34O4.C9H16O4/c1-3-5-15-21-17(19)13-11-9-7-8-10-12-14-18(20)22-16-6-4-2;10-8(11)6-4-2-1-3-5-7-9(12)13/h3-16H2,1-2H3;1-7H2,(H,10,11)(H,12,13). The molecule has 0 aliphatic rings. The number of hydrogen-bond acceptors (Lipinski definition) is 6. The second kappa shape index (κ2) is 28.1. The normalized spacial score (nSPS) is 10.2. The summed E-state index contributed by atoms with van der Waals surface area (Å²) in [6, 6.07) is 0. The van der Waals surface area contributed by atoms with Gasteiger partial charge in [0, 0.05) is 25.7 Å². The van der Waals surface area contributed by atoms with Crippen molar-refractivity contribution < 1.29 is 38.9 Å². The molecule has 0 fully saturated rings. The van der Waals surface area contributed by atoms with E-state index in [1.54, 1.807) is 0 Å². The fourth-order valence-corrected chi connectivity index (χ4v) is 3.13. The molecular formula is C27H50O8. The number of unbranched alkanes of at least 4 members (excludes halogenated alkanes) is 11. The third kappa shape index (κ3) is 34.1. The molecule has 0 heterocycles. The number of carboxylic acid groups (broad SMARTS) is 2. The average molecular weight is 503 g/mol. The molecule has 0 amide bonds. The number of aliphatic carboxylic acids is 2. The van der Waals surface area contributed by atoms with Crippen LogP contribution in [0.25, 0.3) is 0 Å². The van der Waals surface area contributed by atoms with Gasteiger partial charge in [-0.05, 0) is 38.5 Å². The Hall–Kier alpha value is -2.12. The van der Waals surface area contributed by atoms with Crippen LogP contribution in [0, 0.1) is 0 Å². The molecular weight excluding hydrogens is 452 g/mol. The van der Waals surface area contributed by atoms with Crippen LogP contribution >= 0.6 is 0 Å². The van der Waals surface area contributed by atoms with Crippen LogP contribution in [0.3, 0.4) is 0 Å². The monoisotopic (exact) mass is 502 g/mol. The number of rotatable bonds is 23. The number of carboxylic acids is 2. The van der Waals surface area contributed by atoms with Gasteiger partial charge in [0.15, 0.2) is 0 Å². The van der Waals surface area contributed by atoms with Crippen LogP contribution in [0.2, 0.25) is 0 Å². The molecule has 0 saturated carbocycles. The first kappa shape index (κ1) is 35.0. The van der Waals surface area contributed by atoms with E-state index in [1.807, 2.05) is 0 Å². The maximum atomic E-state index is 11.4. The van der Waals surface area contributed by atoms with E-state index in [2.05, 4.69) is 13.8 Å². The molecule has 0 unspecified atom stereocenters. The van der Waals surface area contributed by atoms with Crippen molar-refractivity contribution in [3.63, 3.8) is 0 Å². The molecule has 0 aromatic carbocycles. The van der Waals surface area contributed by atoms with Crippen LogP contribution in [0.1, 0.15) is 136 Å². The minimum Gasteiger partial charge on any atom is -0.481 e. The van der Waals surface area contributed by atoms with Gasteiger partial charge in [0.05, 0.1) is 13.2 Å². The predicted octanol–water partition coefficient (Wildman–Crippen LogP) is 6.68. The van der Waals surface area contributed by atoms with Gasteiger partial charge < -0.3 is 19.7 Å². The van der Waals surface area contributed by atoms with Gasteiger partial charge in [-0.2, -0.15) is 0 Å². The second-order valence-corrected chi connectivity index (χ2v) is 8.82. The van der Waals surface area contributed by atoms with Crippen molar-refractivity contribution in [2.75, 3.05) is 13.2 Å². The van der Waals surface area contributed by atoms with E-state index in [4.69, 9.17) is 19.7 Å². The zero-order valence-electron chi connectivity index (χ0n) is 22.2. The van der Waals surface area contributed by atoms with E-state index in [-0.39, 0.29) is 24.8 Å². The van der Waals surface area contributed by atoms with Crippen molar-refractivity contribution in [2.24, 2.45) is 0 Å². The predicted molar refractivity (Wildman–Crippen MR) is 136 cm³/mol. The van der Waals surface area contributed by atoms with Crippen LogP contribution in [0.4, 0.5) is 0 Å². The number of carbonyl (C=O) groups is 4. The second-order valence-electron chi connectivity index (χ2n) is 8.82. The van der Waals surface area contributed by atoms with Crippen molar-refractivity contribution in [2.45, 2.75) is 136 Å². The zero-order chi connectivity index (χ0) is 26.6. The summed E-state index contributed by atoms with van der Waals surface area (Å²) in [4.78, 5) is 42.9. The molecule has 206 valence electrons. The summed E-state index contributed by atoms with van der Waals surface area (Å²) in [5.41, 5.74) is 0. The Labute approximate surface area is 212 Å². The molecule has 0 rings (SSSR count). The number of hydrogen-bond donors (Lipinski definition) is 2. The number of ether oxygens (including phenoxy) is 2. The fraction of sp³-hybridized carbons (Fsp3) is 0.852. The Kier molecular flexibility index (Phi) is 28.2. The van der Waals surface area contributed by atoms with Gasteiger partial charge in [0.25, 0.3) is 0 Å². The Morgan fingerprint density at radius 1 is 0.457 bits per heavy atom. The topological polar surface area (TPSA) is 127 Å². The lowest BCUT2D eigenvalue weighted by Crippen LogP contribution is -2.05. The fourth-order valence-electron chi connectivity index (χ4n) is 3.13. The molecule has 0 spiro atoms. The maximum absolute atomic E-state index is 11.4. The van der Waals surface area contributed by atoms with E-state index in [1.165, 1.54) is 0 Å². The summed E-state index contributed by atoms with van der Waals surface area (Å²) in [5.74, 6) is -1.65. The third-order valence-electron chi connectivity index (χ3n) is 5.31. The molecule has 0 aromatic rings. The summed E-state index contributed by atoms with van der Waals surface area (Å²) < 4.78 is 10.2. The minimum absolute atomic E-state index is 0.0664. The molecule has 0 aliphatic heterocycles. The van der Waals surface area contributed by atoms with Gasteiger partial charge >= 0.3 is 23.9 Å². The lowest BCUT2D eigenvalue weighted by atomic mass is 10.1. The SMILES string of the molecule is CCCCOC(=O)CCCCCCCCC(=O)OCCCC.O=C(O)CCCCCCCC(=O)O. The van der Waals surface area contributed by atoms with E-state index in [0.29, 0.717) is 38.9 Å². The molecule has 0 aromatic heterocycles. The highest BCUT2D eigenvalue weighted by molar-refractivity contribution is 5.69. The van der Waals surface area contributed by atoms with Crippen molar-refractivity contribution in [3.05, 3.63) is 0 Å². The van der Waals surface area contributed by atoms with Crippen molar-refractivity contribution in [1.29, 1.82) is 0 Å². The lowest BCUT2D eigenvalue weighted by Gasteiger charge is -2.05. The van der Waals surface area contributed by atoms with Gasteiger partial charge in [-0.1, -0.05) is 71.6 Å². The van der Waals surface area contributed by atoms with E-state index in [0.717, 1.165) is 83.5 Å². The highest BCUT2D eigenvalue weighted by Gasteiger charge is 2.04. The molecule has 8 nitrogen and oxygen atoms in total. The maximum Gasteiger partial charge on any atom is 0.305 e. The Morgan fingerprint density at radius 2 is 0.743 bits per heavy atom. The molecule has 0 aliphatic carbocycles. The first-order chi connectivity index (χ1) is 16.8. The van der Waals surface area contributed by atoms with Crippen LogP contribution in [0.5, 0.6) is 0 Å². The summed E-state index contributed by atoms with van der Waals surface area (Å²) in [6.07, 6.45) is 15.8. The smallest absolute Gasteiger partial charge is 0.305 e. The number of esters is 2. The van der Waals surface area contributed by atoms with E-state index in [9.17, 15) is 19.2 Å². The van der Waals surface area contributed by atoms with E-state index < -0.39 is 11.9 Å². The van der Waals surface area contributed by atoms with Crippen molar-refractivity contribution >= 4 is 23.9 Å². The Morgan fingerprint density at radius 3 is 1.03 bits per heavy atom. The van der Waals surface area contributed by atoms with Gasteiger partial charge in [-0.15, -0.1) is 0 Å². The minimum atomic E-state index is -0.759. The lowest BCUT2D eigenvalue weighted by molar-refractivity contribution is -0.144. The third-order valence-corrected chi connectivity index (χ3v) is 5.31. The molecule has 0 bridgehead atoms. The highest BCUT2D eigenvalue weighted by Crippen LogP contribution is 2.10. The van der Waals surface area contributed by atoms with E-state index >= 15 is 0 Å². The van der Waals surface area contributed by atoms with Gasteiger partial charge in [-0.25, -0.2) is 0 Å². The zero-order valence-corrected chi connectivity index (χ0v) is 22.2. The van der Waals surface area contributed by atoms with Crippen molar-refractivity contribution in [3.8, 4) is 0 Å². The van der Waals surface area contributed by atoms with Gasteiger partial charge in [-0.3, -0.25) is 19.2 Å². The Balaban J connectivity index is 0. The summed E-state index contributed by atoms with van der Waals surface area (Å²) in [5, 5.41) is 16.6. The van der Waals surface area contributed by atoms with Gasteiger partial charge in [0.2, 0.25) is 0 Å².